The standard InChI is InChI=1S/C24H23F4N7O2/c1-13(33-19-12-32-34-22(36)20(19)24(26,27)28)3-2-5-35-6-4-15-7-17(18(25)8-16(15)23(35)37)21-30-10-14(9-29)11-31-21/h4,6-8,10-13H,2-3,5,9,29H2,1H3,(H2,33,34,36)/t13-/m0/s1. The fraction of sp³-hybridized carbons (Fsp3) is 0.292. The highest BCUT2D eigenvalue weighted by Crippen LogP contribution is 2.32. The Morgan fingerprint density at radius 2 is 1.89 bits per heavy atom. The predicted octanol–water partition coefficient (Wildman–Crippen LogP) is 3.44. The molecule has 1 aromatic carbocycles. The summed E-state index contributed by atoms with van der Waals surface area (Å²) < 4.78 is 55.9. The lowest BCUT2D eigenvalue weighted by atomic mass is 10.1. The summed E-state index contributed by atoms with van der Waals surface area (Å²) >= 11 is 0. The molecule has 0 unspecified atom stereocenters. The minimum atomic E-state index is -4.84. The first-order chi connectivity index (χ1) is 17.6. The zero-order chi connectivity index (χ0) is 26.7. The zero-order valence-corrected chi connectivity index (χ0v) is 19.6. The Labute approximate surface area is 207 Å². The van der Waals surface area contributed by atoms with Gasteiger partial charge in [-0.1, -0.05) is 0 Å². The van der Waals surface area contributed by atoms with Crippen molar-refractivity contribution in [2.75, 3.05) is 5.32 Å². The van der Waals surface area contributed by atoms with E-state index in [4.69, 9.17) is 5.73 Å². The second kappa shape index (κ2) is 10.5. The van der Waals surface area contributed by atoms with Crippen molar-refractivity contribution in [2.24, 2.45) is 5.73 Å². The first kappa shape index (κ1) is 25.9. The van der Waals surface area contributed by atoms with E-state index in [9.17, 15) is 27.2 Å². The third-order valence-electron chi connectivity index (χ3n) is 5.82. The van der Waals surface area contributed by atoms with Crippen molar-refractivity contribution < 1.29 is 17.6 Å². The number of hydrogen-bond acceptors (Lipinski definition) is 7. The summed E-state index contributed by atoms with van der Waals surface area (Å²) in [6, 6.07) is 3.87. The van der Waals surface area contributed by atoms with Gasteiger partial charge < -0.3 is 15.6 Å². The van der Waals surface area contributed by atoms with E-state index in [0.29, 0.717) is 23.8 Å². The zero-order valence-electron chi connectivity index (χ0n) is 19.6. The van der Waals surface area contributed by atoms with E-state index < -0.39 is 40.4 Å². The molecule has 0 spiro atoms. The lowest BCUT2D eigenvalue weighted by Gasteiger charge is -2.18. The van der Waals surface area contributed by atoms with Crippen LogP contribution in [0, 0.1) is 5.82 Å². The number of alkyl halides is 3. The number of aryl methyl sites for hydroxylation is 1. The lowest BCUT2D eigenvalue weighted by Crippen LogP contribution is -2.27. The SMILES string of the molecule is C[C@@H](CCCn1ccc2cc(-c3ncc(CN)cn3)c(F)cc2c1=O)Nc1cn[nH]c(=O)c1C(F)(F)F. The number of halogens is 4. The molecule has 0 saturated heterocycles. The molecule has 4 rings (SSSR count). The van der Waals surface area contributed by atoms with Crippen molar-refractivity contribution in [1.82, 2.24) is 24.7 Å². The molecule has 0 radical (unpaired) electrons. The number of pyridine rings is 1. The molecule has 0 aliphatic carbocycles. The van der Waals surface area contributed by atoms with Gasteiger partial charge in [0, 0.05) is 43.3 Å². The van der Waals surface area contributed by atoms with E-state index in [1.807, 2.05) is 0 Å². The number of nitrogens with zero attached hydrogens (tertiary/aromatic N) is 4. The Morgan fingerprint density at radius 3 is 2.57 bits per heavy atom. The molecule has 4 N–H and O–H groups in total. The van der Waals surface area contributed by atoms with Gasteiger partial charge in [0.25, 0.3) is 11.1 Å². The summed E-state index contributed by atoms with van der Waals surface area (Å²) in [6.07, 6.45) is 1.48. The molecule has 9 nitrogen and oxygen atoms in total. The topological polar surface area (TPSA) is 132 Å². The minimum absolute atomic E-state index is 0.153. The normalized spacial score (nSPS) is 12.6. The molecule has 13 heteroatoms. The first-order valence-corrected chi connectivity index (χ1v) is 11.3. The summed E-state index contributed by atoms with van der Waals surface area (Å²) in [6.45, 7) is 2.17. The molecular formula is C24H23F4N7O2. The molecule has 3 heterocycles. The van der Waals surface area contributed by atoms with E-state index in [-0.39, 0.29) is 29.9 Å². The van der Waals surface area contributed by atoms with Gasteiger partial charge in [-0.2, -0.15) is 18.3 Å². The molecule has 37 heavy (non-hydrogen) atoms. The smallest absolute Gasteiger partial charge is 0.381 e. The summed E-state index contributed by atoms with van der Waals surface area (Å²) in [5, 5.41) is 8.58. The van der Waals surface area contributed by atoms with Gasteiger partial charge in [0.05, 0.1) is 22.8 Å². The Bertz CT molecular complexity index is 1530. The number of H-pyrrole nitrogens is 1. The average molecular weight is 517 g/mol. The van der Waals surface area contributed by atoms with Crippen LogP contribution in [0.3, 0.4) is 0 Å². The Balaban J connectivity index is 1.47. The van der Waals surface area contributed by atoms with Crippen molar-refractivity contribution in [3.8, 4) is 11.4 Å². The molecule has 0 fully saturated rings. The van der Waals surface area contributed by atoms with Gasteiger partial charge in [-0.15, -0.1) is 0 Å². The number of benzene rings is 1. The highest BCUT2D eigenvalue weighted by atomic mass is 19.4. The van der Waals surface area contributed by atoms with Gasteiger partial charge in [-0.05, 0) is 43.4 Å². The van der Waals surface area contributed by atoms with Crippen LogP contribution >= 0.6 is 0 Å². The number of rotatable bonds is 8. The number of anilines is 1. The van der Waals surface area contributed by atoms with Crippen LogP contribution in [0.4, 0.5) is 23.2 Å². The maximum Gasteiger partial charge on any atom is 0.423 e. The quantitative estimate of drug-likeness (QED) is 0.305. The summed E-state index contributed by atoms with van der Waals surface area (Å²) in [5.41, 5.74) is 2.89. The first-order valence-electron chi connectivity index (χ1n) is 11.3. The minimum Gasteiger partial charge on any atom is -0.381 e. The number of aromatic nitrogens is 5. The summed E-state index contributed by atoms with van der Waals surface area (Å²) in [7, 11) is 0. The Morgan fingerprint density at radius 1 is 1.16 bits per heavy atom. The highest BCUT2D eigenvalue weighted by molar-refractivity contribution is 5.85. The third kappa shape index (κ3) is 5.66. The van der Waals surface area contributed by atoms with Crippen LogP contribution in [0.5, 0.6) is 0 Å². The van der Waals surface area contributed by atoms with E-state index in [1.54, 1.807) is 24.3 Å². The number of nitrogens with two attached hydrogens (primary N) is 1. The fourth-order valence-electron chi connectivity index (χ4n) is 3.95. The van der Waals surface area contributed by atoms with Crippen molar-refractivity contribution in [3.05, 3.63) is 80.6 Å². The maximum atomic E-state index is 14.8. The van der Waals surface area contributed by atoms with Crippen molar-refractivity contribution in [2.45, 2.75) is 45.1 Å². The van der Waals surface area contributed by atoms with Crippen LogP contribution in [0.1, 0.15) is 30.9 Å². The Hall–Kier alpha value is -4.13. The van der Waals surface area contributed by atoms with E-state index in [2.05, 4.69) is 20.4 Å². The molecule has 3 aromatic heterocycles. The van der Waals surface area contributed by atoms with Gasteiger partial charge in [-0.25, -0.2) is 19.5 Å². The molecule has 0 bridgehead atoms. The lowest BCUT2D eigenvalue weighted by molar-refractivity contribution is -0.138. The molecular weight excluding hydrogens is 494 g/mol. The molecule has 1 atom stereocenters. The highest BCUT2D eigenvalue weighted by Gasteiger charge is 2.37. The van der Waals surface area contributed by atoms with Gasteiger partial charge in [-0.3, -0.25) is 9.59 Å². The Kier molecular flexibility index (Phi) is 7.34. The van der Waals surface area contributed by atoms with Crippen LogP contribution in [0.15, 0.2) is 52.6 Å². The van der Waals surface area contributed by atoms with Crippen LogP contribution in [-0.2, 0) is 19.3 Å². The van der Waals surface area contributed by atoms with Gasteiger partial charge in [0.15, 0.2) is 5.82 Å². The van der Waals surface area contributed by atoms with E-state index in [1.165, 1.54) is 23.0 Å². The number of hydrogen-bond donors (Lipinski definition) is 3. The van der Waals surface area contributed by atoms with Crippen molar-refractivity contribution in [3.63, 3.8) is 0 Å². The van der Waals surface area contributed by atoms with Crippen LogP contribution in [-0.4, -0.2) is 30.8 Å². The van der Waals surface area contributed by atoms with E-state index >= 15 is 0 Å². The average Bonchev–Trinajstić information content (AvgIpc) is 2.85. The van der Waals surface area contributed by atoms with Gasteiger partial charge >= 0.3 is 6.18 Å². The largest absolute Gasteiger partial charge is 0.423 e. The van der Waals surface area contributed by atoms with Crippen LogP contribution in [0.2, 0.25) is 0 Å². The third-order valence-corrected chi connectivity index (χ3v) is 5.82. The summed E-state index contributed by atoms with van der Waals surface area (Å²) in [4.78, 5) is 32.8. The van der Waals surface area contributed by atoms with Crippen LogP contribution < -0.4 is 22.2 Å². The monoisotopic (exact) mass is 517 g/mol. The van der Waals surface area contributed by atoms with Crippen LogP contribution in [0.25, 0.3) is 22.2 Å². The van der Waals surface area contributed by atoms with Crippen molar-refractivity contribution >= 4 is 16.5 Å². The maximum absolute atomic E-state index is 14.8. The fourth-order valence-corrected chi connectivity index (χ4v) is 3.95. The molecule has 194 valence electrons. The molecule has 0 aliphatic heterocycles. The molecule has 0 saturated carbocycles. The molecule has 4 aromatic rings. The molecule has 0 aliphatic rings. The van der Waals surface area contributed by atoms with Crippen molar-refractivity contribution in [1.29, 1.82) is 0 Å². The second-order valence-corrected chi connectivity index (χ2v) is 8.53. The number of fused-ring (bicyclic) bond motifs is 1. The number of aromatic amines is 1. The second-order valence-electron chi connectivity index (χ2n) is 8.53. The summed E-state index contributed by atoms with van der Waals surface area (Å²) in [5.74, 6) is -0.473. The molecule has 0 amide bonds. The van der Waals surface area contributed by atoms with E-state index in [0.717, 1.165) is 12.3 Å². The number of nitrogens with one attached hydrogen (secondary N) is 2. The van der Waals surface area contributed by atoms with Gasteiger partial charge in [0.1, 0.15) is 11.4 Å². The van der Waals surface area contributed by atoms with Gasteiger partial charge in [0.2, 0.25) is 0 Å². The predicted molar refractivity (Wildman–Crippen MR) is 129 cm³/mol.